The molecule has 3 aromatic carbocycles. The van der Waals surface area contributed by atoms with E-state index in [1.165, 1.54) is 30.3 Å². The SMILES string of the molecule is O=C(Nc1ccn([C@]2(COC(=O)c3ccccc3)SC[C@@H](OC(=O)c3ccccc3)C2(F)F)c(=O)n1)c1ccccc1. The summed E-state index contributed by atoms with van der Waals surface area (Å²) in [5, 5.41) is 2.46. The summed E-state index contributed by atoms with van der Waals surface area (Å²) in [6, 6.07) is 24.7. The zero-order valence-corrected chi connectivity index (χ0v) is 22.6. The van der Waals surface area contributed by atoms with Crippen molar-refractivity contribution in [1.29, 1.82) is 0 Å². The fraction of sp³-hybridized carbons (Fsp3) is 0.167. The van der Waals surface area contributed by atoms with Crippen molar-refractivity contribution in [2.45, 2.75) is 16.9 Å². The van der Waals surface area contributed by atoms with Crippen molar-refractivity contribution in [3.05, 3.63) is 130 Å². The maximum absolute atomic E-state index is 16.3. The van der Waals surface area contributed by atoms with E-state index in [1.54, 1.807) is 66.7 Å². The van der Waals surface area contributed by atoms with E-state index >= 15 is 8.78 Å². The number of halogens is 2. The maximum Gasteiger partial charge on any atom is 0.351 e. The molecule has 0 unspecified atom stereocenters. The Bertz CT molecular complexity index is 1650. The van der Waals surface area contributed by atoms with Gasteiger partial charge in [0.1, 0.15) is 12.4 Å². The summed E-state index contributed by atoms with van der Waals surface area (Å²) < 4.78 is 43.8. The van der Waals surface area contributed by atoms with Crippen LogP contribution in [0.25, 0.3) is 0 Å². The second-order valence-corrected chi connectivity index (χ2v) is 10.5. The number of alkyl halides is 2. The average molecular weight is 592 g/mol. The zero-order valence-electron chi connectivity index (χ0n) is 21.8. The van der Waals surface area contributed by atoms with Gasteiger partial charge >= 0.3 is 23.6 Å². The lowest BCUT2D eigenvalue weighted by atomic mass is 10.0. The molecule has 1 N–H and O–H groups in total. The number of nitrogens with one attached hydrogen (secondary N) is 1. The van der Waals surface area contributed by atoms with Gasteiger partial charge in [-0.3, -0.25) is 9.36 Å². The number of carbonyl (C=O) groups is 3. The average Bonchev–Trinajstić information content (AvgIpc) is 3.26. The Morgan fingerprint density at radius 1 is 0.857 bits per heavy atom. The number of ether oxygens (including phenoxy) is 2. The van der Waals surface area contributed by atoms with E-state index in [4.69, 9.17) is 9.47 Å². The van der Waals surface area contributed by atoms with E-state index in [9.17, 15) is 19.2 Å². The van der Waals surface area contributed by atoms with Gasteiger partial charge < -0.3 is 14.8 Å². The van der Waals surface area contributed by atoms with Gasteiger partial charge in [0.25, 0.3) is 5.91 Å². The first-order chi connectivity index (χ1) is 20.2. The summed E-state index contributed by atoms with van der Waals surface area (Å²) >= 11 is 0.594. The van der Waals surface area contributed by atoms with Gasteiger partial charge in [-0.05, 0) is 42.5 Å². The maximum atomic E-state index is 16.3. The number of nitrogens with zero attached hydrogens (tertiary/aromatic N) is 2. The van der Waals surface area contributed by atoms with Crippen LogP contribution in [0.4, 0.5) is 14.6 Å². The summed E-state index contributed by atoms with van der Waals surface area (Å²) in [4.78, 5) is 52.4. The van der Waals surface area contributed by atoms with Crippen molar-refractivity contribution in [2.75, 3.05) is 17.7 Å². The highest BCUT2D eigenvalue weighted by molar-refractivity contribution is 8.00. The quantitative estimate of drug-likeness (QED) is 0.295. The number of amides is 1. The standard InChI is InChI=1S/C30H23F2N3O6S/c31-30(32)23(41-27(38)22-14-8-3-9-15-22)18-42-29(30,19-40-26(37)21-12-6-2-7-13-21)35-17-16-24(34-28(35)39)33-25(36)20-10-4-1-5-11-20/h1-17,23H,18-19H2,(H,33,34,36,39)/t23-,29-/m1/s1. The molecule has 1 saturated heterocycles. The van der Waals surface area contributed by atoms with Crippen LogP contribution in [0.15, 0.2) is 108 Å². The number of thioether (sulfide) groups is 1. The number of benzene rings is 3. The first-order valence-electron chi connectivity index (χ1n) is 12.7. The van der Waals surface area contributed by atoms with Crippen molar-refractivity contribution in [1.82, 2.24) is 9.55 Å². The molecule has 0 aliphatic carbocycles. The fourth-order valence-corrected chi connectivity index (χ4v) is 5.78. The molecule has 1 aromatic heterocycles. The summed E-state index contributed by atoms with van der Waals surface area (Å²) in [6.07, 6.45) is -0.927. The molecule has 2 atom stereocenters. The Hall–Kier alpha value is -4.84. The molecule has 0 radical (unpaired) electrons. The molecule has 0 spiro atoms. The van der Waals surface area contributed by atoms with Gasteiger partial charge in [0, 0.05) is 17.5 Å². The molecule has 1 aliphatic rings. The van der Waals surface area contributed by atoms with Gasteiger partial charge in [0.15, 0.2) is 11.0 Å². The molecule has 214 valence electrons. The molecular weight excluding hydrogens is 568 g/mol. The minimum Gasteiger partial charge on any atom is -0.458 e. The Morgan fingerprint density at radius 3 is 1.98 bits per heavy atom. The second kappa shape index (κ2) is 12.0. The lowest BCUT2D eigenvalue weighted by molar-refractivity contribution is -0.150. The lowest BCUT2D eigenvalue weighted by Crippen LogP contribution is -2.56. The van der Waals surface area contributed by atoms with Crippen LogP contribution in [0.5, 0.6) is 0 Å². The predicted octanol–water partition coefficient (Wildman–Crippen LogP) is 4.61. The molecule has 12 heteroatoms. The van der Waals surface area contributed by atoms with Crippen LogP contribution >= 0.6 is 11.8 Å². The van der Waals surface area contributed by atoms with Gasteiger partial charge in [-0.25, -0.2) is 14.4 Å². The van der Waals surface area contributed by atoms with E-state index in [-0.39, 0.29) is 16.9 Å². The molecule has 1 fully saturated rings. The third kappa shape index (κ3) is 5.66. The van der Waals surface area contributed by atoms with Crippen LogP contribution in [0.1, 0.15) is 31.1 Å². The van der Waals surface area contributed by atoms with Gasteiger partial charge in [-0.2, -0.15) is 13.8 Å². The van der Waals surface area contributed by atoms with Crippen LogP contribution < -0.4 is 11.0 Å². The lowest BCUT2D eigenvalue weighted by Gasteiger charge is -2.36. The van der Waals surface area contributed by atoms with Gasteiger partial charge in [0.05, 0.1) is 11.1 Å². The predicted molar refractivity (Wildman–Crippen MR) is 151 cm³/mol. The van der Waals surface area contributed by atoms with Crippen molar-refractivity contribution >= 4 is 35.4 Å². The largest absolute Gasteiger partial charge is 0.458 e. The monoisotopic (exact) mass is 591 g/mol. The summed E-state index contributed by atoms with van der Waals surface area (Å²) in [6.45, 7) is -0.949. The number of rotatable bonds is 8. The normalized spacial score (nSPS) is 19.0. The number of hydrogen-bond acceptors (Lipinski definition) is 8. The minimum atomic E-state index is -3.90. The highest BCUT2D eigenvalue weighted by atomic mass is 32.2. The third-order valence-electron chi connectivity index (χ3n) is 6.54. The van der Waals surface area contributed by atoms with E-state index < -0.39 is 52.8 Å². The molecule has 5 rings (SSSR count). The number of anilines is 1. The number of aromatic nitrogens is 2. The summed E-state index contributed by atoms with van der Waals surface area (Å²) in [7, 11) is 0. The Morgan fingerprint density at radius 2 is 1.40 bits per heavy atom. The Balaban J connectivity index is 1.46. The molecule has 0 saturated carbocycles. The molecule has 0 bridgehead atoms. The molecule has 9 nitrogen and oxygen atoms in total. The molecular formula is C30H23F2N3O6S. The fourth-order valence-electron chi connectivity index (χ4n) is 4.33. The van der Waals surface area contributed by atoms with Crippen molar-refractivity contribution < 1.29 is 32.6 Å². The summed E-state index contributed by atoms with van der Waals surface area (Å²) in [5.74, 6) is -6.89. The topological polar surface area (TPSA) is 117 Å². The van der Waals surface area contributed by atoms with Crippen LogP contribution in [0.2, 0.25) is 0 Å². The van der Waals surface area contributed by atoms with E-state index in [2.05, 4.69) is 10.3 Å². The van der Waals surface area contributed by atoms with Crippen molar-refractivity contribution in [2.24, 2.45) is 0 Å². The number of esters is 2. The van der Waals surface area contributed by atoms with E-state index in [0.29, 0.717) is 21.9 Å². The molecule has 4 aromatic rings. The molecule has 1 amide bonds. The van der Waals surface area contributed by atoms with Crippen LogP contribution in [0, 0.1) is 0 Å². The van der Waals surface area contributed by atoms with Gasteiger partial charge in [-0.1, -0.05) is 54.6 Å². The smallest absolute Gasteiger partial charge is 0.351 e. The van der Waals surface area contributed by atoms with E-state index in [1.807, 2.05) is 0 Å². The highest BCUT2D eigenvalue weighted by Gasteiger charge is 2.68. The number of hydrogen-bond donors (Lipinski definition) is 1. The van der Waals surface area contributed by atoms with Crippen molar-refractivity contribution in [3.8, 4) is 0 Å². The van der Waals surface area contributed by atoms with Crippen LogP contribution in [-0.2, 0) is 14.3 Å². The zero-order chi connectivity index (χ0) is 29.7. The summed E-state index contributed by atoms with van der Waals surface area (Å²) in [5.41, 5.74) is -0.647. The number of carbonyl (C=O) groups excluding carboxylic acids is 3. The highest BCUT2D eigenvalue weighted by Crippen LogP contribution is 2.54. The van der Waals surface area contributed by atoms with E-state index in [0.717, 1.165) is 6.20 Å². The van der Waals surface area contributed by atoms with Crippen LogP contribution in [-0.4, -0.2) is 51.8 Å². The third-order valence-corrected chi connectivity index (χ3v) is 8.07. The molecule has 1 aliphatic heterocycles. The second-order valence-electron chi connectivity index (χ2n) is 9.21. The molecule has 2 heterocycles. The minimum absolute atomic E-state index is 0.0728. The Labute approximate surface area is 242 Å². The molecule has 42 heavy (non-hydrogen) atoms. The van der Waals surface area contributed by atoms with Crippen LogP contribution in [0.3, 0.4) is 0 Å². The van der Waals surface area contributed by atoms with Crippen molar-refractivity contribution in [3.63, 3.8) is 0 Å². The van der Waals surface area contributed by atoms with Gasteiger partial charge in [0.2, 0.25) is 0 Å². The Kier molecular flexibility index (Phi) is 8.16. The first-order valence-corrected chi connectivity index (χ1v) is 13.7. The van der Waals surface area contributed by atoms with Gasteiger partial charge in [-0.15, -0.1) is 11.8 Å². The first kappa shape index (κ1) is 28.7.